The Morgan fingerprint density at radius 3 is 2.83 bits per heavy atom. The van der Waals surface area contributed by atoms with E-state index < -0.39 is 0 Å². The van der Waals surface area contributed by atoms with E-state index in [1.54, 1.807) is 7.11 Å². The molecule has 1 saturated carbocycles. The Balaban J connectivity index is 2.29. The first-order valence-electron chi connectivity index (χ1n) is 6.74. The number of benzene rings is 1. The molecule has 2 rings (SSSR count). The van der Waals surface area contributed by atoms with Crippen molar-refractivity contribution in [3.8, 4) is 5.75 Å². The highest BCUT2D eigenvalue weighted by Crippen LogP contribution is 2.42. The molecule has 0 bridgehead atoms. The number of rotatable bonds is 4. The van der Waals surface area contributed by atoms with Crippen molar-refractivity contribution in [2.45, 2.75) is 31.6 Å². The van der Waals surface area contributed by atoms with Crippen molar-refractivity contribution < 1.29 is 4.74 Å². The molecule has 2 nitrogen and oxygen atoms in total. The minimum atomic E-state index is 0.569. The second-order valence-corrected chi connectivity index (χ2v) is 5.53. The highest BCUT2D eigenvalue weighted by atomic mass is 35.5. The van der Waals surface area contributed by atoms with Gasteiger partial charge in [-0.15, -0.1) is 0 Å². The van der Waals surface area contributed by atoms with Crippen molar-refractivity contribution in [2.24, 2.45) is 5.92 Å². The monoisotopic (exact) mass is 267 g/mol. The molecule has 18 heavy (non-hydrogen) atoms. The molecule has 1 aromatic carbocycles. The average Bonchev–Trinajstić information content (AvgIpc) is 2.40. The van der Waals surface area contributed by atoms with Crippen LogP contribution in [0.5, 0.6) is 5.75 Å². The molecule has 0 amide bonds. The predicted molar refractivity (Wildman–Crippen MR) is 76.6 cm³/mol. The second kappa shape index (κ2) is 6.44. The molecule has 0 saturated heterocycles. The summed E-state index contributed by atoms with van der Waals surface area (Å²) in [5.74, 6) is 2.24. The lowest BCUT2D eigenvalue weighted by Gasteiger charge is -2.32. The smallest absolute Gasteiger partial charge is 0.122 e. The highest BCUT2D eigenvalue weighted by molar-refractivity contribution is 6.30. The number of hydrogen-bond donors (Lipinski definition) is 1. The molecular formula is C15H22ClNO. The lowest BCUT2D eigenvalue weighted by atomic mass is 9.75. The van der Waals surface area contributed by atoms with E-state index in [4.69, 9.17) is 16.3 Å². The number of halogens is 1. The van der Waals surface area contributed by atoms with Crippen LogP contribution in [0.15, 0.2) is 18.2 Å². The van der Waals surface area contributed by atoms with Gasteiger partial charge in [0.15, 0.2) is 0 Å². The maximum Gasteiger partial charge on any atom is 0.122 e. The summed E-state index contributed by atoms with van der Waals surface area (Å²) in [4.78, 5) is 0. The Bertz CT molecular complexity index is 392. The SMILES string of the molecule is CNCC1CCCCC1c1cc(Cl)ccc1OC. The van der Waals surface area contributed by atoms with Gasteiger partial charge in [-0.1, -0.05) is 24.4 Å². The standard InChI is InChI=1S/C15H22ClNO/c1-17-10-11-5-3-4-6-13(11)14-9-12(16)7-8-15(14)18-2/h7-9,11,13,17H,3-6,10H2,1-2H3. The fourth-order valence-electron chi connectivity index (χ4n) is 3.12. The Morgan fingerprint density at radius 1 is 1.33 bits per heavy atom. The third kappa shape index (κ3) is 2.99. The summed E-state index contributed by atoms with van der Waals surface area (Å²) in [6, 6.07) is 5.97. The third-order valence-electron chi connectivity index (χ3n) is 3.97. The van der Waals surface area contributed by atoms with E-state index >= 15 is 0 Å². The summed E-state index contributed by atoms with van der Waals surface area (Å²) in [7, 11) is 3.77. The quantitative estimate of drug-likeness (QED) is 0.895. The van der Waals surface area contributed by atoms with Crippen LogP contribution in [0.1, 0.15) is 37.2 Å². The molecule has 2 unspecified atom stereocenters. The first-order chi connectivity index (χ1) is 8.76. The minimum absolute atomic E-state index is 0.569. The maximum atomic E-state index is 6.15. The van der Waals surface area contributed by atoms with Crippen LogP contribution in [-0.2, 0) is 0 Å². The zero-order valence-corrected chi connectivity index (χ0v) is 12.0. The van der Waals surface area contributed by atoms with E-state index in [0.29, 0.717) is 11.8 Å². The number of ether oxygens (including phenoxy) is 1. The topological polar surface area (TPSA) is 21.3 Å². The van der Waals surface area contributed by atoms with Crippen molar-refractivity contribution in [1.29, 1.82) is 0 Å². The Morgan fingerprint density at radius 2 is 2.11 bits per heavy atom. The summed E-state index contributed by atoms with van der Waals surface area (Å²) < 4.78 is 5.50. The molecule has 1 aliphatic rings. The molecule has 0 aliphatic heterocycles. The molecule has 100 valence electrons. The van der Waals surface area contributed by atoms with Gasteiger partial charge in [0.1, 0.15) is 5.75 Å². The van der Waals surface area contributed by atoms with Crippen LogP contribution in [0.25, 0.3) is 0 Å². The van der Waals surface area contributed by atoms with Gasteiger partial charge in [0.05, 0.1) is 7.11 Å². The highest BCUT2D eigenvalue weighted by Gasteiger charge is 2.28. The van der Waals surface area contributed by atoms with Crippen molar-refractivity contribution in [2.75, 3.05) is 20.7 Å². The van der Waals surface area contributed by atoms with E-state index in [0.717, 1.165) is 17.3 Å². The average molecular weight is 268 g/mol. The molecule has 0 aromatic heterocycles. The van der Waals surface area contributed by atoms with E-state index in [9.17, 15) is 0 Å². The van der Waals surface area contributed by atoms with Crippen LogP contribution in [0.3, 0.4) is 0 Å². The van der Waals surface area contributed by atoms with E-state index in [1.807, 2.05) is 19.2 Å². The van der Waals surface area contributed by atoms with Crippen molar-refractivity contribution in [1.82, 2.24) is 5.32 Å². The largest absolute Gasteiger partial charge is 0.496 e. The Hall–Kier alpha value is -0.730. The van der Waals surface area contributed by atoms with Gasteiger partial charge in [0.2, 0.25) is 0 Å². The zero-order chi connectivity index (χ0) is 13.0. The van der Waals surface area contributed by atoms with E-state index in [1.165, 1.54) is 31.2 Å². The normalized spacial score (nSPS) is 23.9. The minimum Gasteiger partial charge on any atom is -0.496 e. The Labute approximate surface area is 115 Å². The first kappa shape index (κ1) is 13.7. The molecule has 1 aliphatic carbocycles. The molecule has 0 radical (unpaired) electrons. The van der Waals surface area contributed by atoms with Crippen molar-refractivity contribution >= 4 is 11.6 Å². The predicted octanol–water partition coefficient (Wildman–Crippen LogP) is 3.84. The van der Waals surface area contributed by atoms with Gasteiger partial charge < -0.3 is 10.1 Å². The maximum absolute atomic E-state index is 6.15. The summed E-state index contributed by atoms with van der Waals surface area (Å²) in [5, 5.41) is 4.12. The lowest BCUT2D eigenvalue weighted by molar-refractivity contribution is 0.293. The van der Waals surface area contributed by atoms with Crippen LogP contribution < -0.4 is 10.1 Å². The molecule has 2 atom stereocenters. The summed E-state index contributed by atoms with van der Waals surface area (Å²) in [5.41, 5.74) is 1.28. The summed E-state index contributed by atoms with van der Waals surface area (Å²) >= 11 is 6.15. The first-order valence-corrected chi connectivity index (χ1v) is 7.12. The number of nitrogens with one attached hydrogen (secondary N) is 1. The van der Waals surface area contributed by atoms with Crippen LogP contribution >= 0.6 is 11.6 Å². The number of methoxy groups -OCH3 is 1. The van der Waals surface area contributed by atoms with Gasteiger partial charge in [0.25, 0.3) is 0 Å². The molecule has 1 N–H and O–H groups in total. The fourth-order valence-corrected chi connectivity index (χ4v) is 3.30. The third-order valence-corrected chi connectivity index (χ3v) is 4.20. The van der Waals surface area contributed by atoms with Gasteiger partial charge in [-0.25, -0.2) is 0 Å². The fraction of sp³-hybridized carbons (Fsp3) is 0.600. The molecule has 1 aromatic rings. The van der Waals surface area contributed by atoms with Crippen LogP contribution in [0, 0.1) is 5.92 Å². The van der Waals surface area contributed by atoms with Crippen LogP contribution in [0.2, 0.25) is 5.02 Å². The lowest BCUT2D eigenvalue weighted by Crippen LogP contribution is -2.27. The van der Waals surface area contributed by atoms with Gasteiger partial charge in [-0.05, 0) is 62.0 Å². The van der Waals surface area contributed by atoms with E-state index in [2.05, 4.69) is 11.4 Å². The van der Waals surface area contributed by atoms with Gasteiger partial charge >= 0.3 is 0 Å². The second-order valence-electron chi connectivity index (χ2n) is 5.09. The number of hydrogen-bond acceptors (Lipinski definition) is 2. The van der Waals surface area contributed by atoms with Crippen LogP contribution in [0.4, 0.5) is 0 Å². The van der Waals surface area contributed by atoms with Gasteiger partial charge in [0, 0.05) is 5.02 Å². The van der Waals surface area contributed by atoms with Crippen molar-refractivity contribution in [3.63, 3.8) is 0 Å². The molecule has 0 spiro atoms. The van der Waals surface area contributed by atoms with Gasteiger partial charge in [-0.2, -0.15) is 0 Å². The molecule has 0 heterocycles. The summed E-state index contributed by atoms with van der Waals surface area (Å²) in [6.07, 6.45) is 5.18. The van der Waals surface area contributed by atoms with Crippen molar-refractivity contribution in [3.05, 3.63) is 28.8 Å². The van der Waals surface area contributed by atoms with E-state index in [-0.39, 0.29) is 0 Å². The summed E-state index contributed by atoms with van der Waals surface area (Å²) in [6.45, 7) is 1.07. The molecule has 1 fully saturated rings. The van der Waals surface area contributed by atoms with Crippen LogP contribution in [-0.4, -0.2) is 20.7 Å². The molecular weight excluding hydrogens is 246 g/mol. The Kier molecular flexibility index (Phi) is 4.90. The van der Waals surface area contributed by atoms with Gasteiger partial charge in [-0.3, -0.25) is 0 Å². The molecule has 3 heteroatoms. The zero-order valence-electron chi connectivity index (χ0n) is 11.2.